The fourth-order valence-corrected chi connectivity index (χ4v) is 3.28. The summed E-state index contributed by atoms with van der Waals surface area (Å²) in [7, 11) is 0. The molecule has 0 saturated heterocycles. The molecular formula is C22H22. The highest BCUT2D eigenvalue weighted by Gasteiger charge is 2.13. The first kappa shape index (κ1) is 14.6. The number of rotatable bonds is 4. The average molecular weight is 286 g/mol. The summed E-state index contributed by atoms with van der Waals surface area (Å²) in [5.74, 6) is 0. The Bertz CT molecular complexity index is 673. The lowest BCUT2D eigenvalue weighted by molar-refractivity contribution is 1.04. The number of hydrogen-bond acceptors (Lipinski definition) is 0. The van der Waals surface area contributed by atoms with Crippen LogP contribution in [0, 0.1) is 0 Å². The van der Waals surface area contributed by atoms with Gasteiger partial charge in [0.05, 0.1) is 0 Å². The summed E-state index contributed by atoms with van der Waals surface area (Å²) in [5.41, 5.74) is 8.34. The highest BCUT2D eigenvalue weighted by Crippen LogP contribution is 2.34. The normalized spacial score (nSPS) is 10.6. The summed E-state index contributed by atoms with van der Waals surface area (Å²) in [6, 6.07) is 26.0. The zero-order chi connectivity index (χ0) is 15.4. The minimum Gasteiger partial charge on any atom is -0.0622 e. The van der Waals surface area contributed by atoms with Crippen molar-refractivity contribution < 1.29 is 0 Å². The molecule has 3 aromatic carbocycles. The molecule has 3 rings (SSSR count). The van der Waals surface area contributed by atoms with Gasteiger partial charge in [0.25, 0.3) is 0 Å². The molecule has 0 saturated carbocycles. The van der Waals surface area contributed by atoms with Gasteiger partial charge in [0, 0.05) is 0 Å². The van der Waals surface area contributed by atoms with Gasteiger partial charge in [-0.05, 0) is 46.2 Å². The fourth-order valence-electron chi connectivity index (χ4n) is 3.28. The van der Waals surface area contributed by atoms with Crippen LogP contribution >= 0.6 is 0 Å². The largest absolute Gasteiger partial charge is 0.0622 e. The Hall–Kier alpha value is -2.34. The molecule has 0 N–H and O–H groups in total. The number of hydrogen-bond donors (Lipinski definition) is 0. The highest BCUT2D eigenvalue weighted by molar-refractivity contribution is 5.77. The molecule has 0 fully saturated rings. The molecule has 0 amide bonds. The van der Waals surface area contributed by atoms with Crippen molar-refractivity contribution in [3.05, 3.63) is 83.9 Å². The van der Waals surface area contributed by atoms with Crippen molar-refractivity contribution in [1.82, 2.24) is 0 Å². The Labute approximate surface area is 133 Å². The topological polar surface area (TPSA) is 0 Å². The fraction of sp³-hybridized carbons (Fsp3) is 0.182. The molecular weight excluding hydrogens is 264 g/mol. The van der Waals surface area contributed by atoms with E-state index in [0.29, 0.717) is 0 Å². The van der Waals surface area contributed by atoms with Gasteiger partial charge in [-0.25, -0.2) is 0 Å². The maximum atomic E-state index is 2.29. The smallest absolute Gasteiger partial charge is 0.0149 e. The van der Waals surface area contributed by atoms with E-state index in [0.717, 1.165) is 12.8 Å². The van der Waals surface area contributed by atoms with Crippen molar-refractivity contribution in [2.75, 3.05) is 0 Å². The van der Waals surface area contributed by atoms with E-state index in [2.05, 4.69) is 86.6 Å². The second-order valence-corrected chi connectivity index (χ2v) is 5.56. The third-order valence-corrected chi connectivity index (χ3v) is 4.31. The molecule has 0 radical (unpaired) electrons. The molecule has 0 unspecified atom stereocenters. The predicted octanol–water partition coefficient (Wildman–Crippen LogP) is 6.15. The van der Waals surface area contributed by atoms with E-state index in [1.807, 2.05) is 0 Å². The van der Waals surface area contributed by atoms with Gasteiger partial charge >= 0.3 is 0 Å². The van der Waals surface area contributed by atoms with Crippen LogP contribution in [-0.4, -0.2) is 0 Å². The number of benzene rings is 3. The molecule has 0 aliphatic carbocycles. The van der Waals surface area contributed by atoms with Gasteiger partial charge in [0.1, 0.15) is 0 Å². The summed E-state index contributed by atoms with van der Waals surface area (Å²) < 4.78 is 0. The first-order valence-electron chi connectivity index (χ1n) is 8.10. The first-order chi connectivity index (χ1) is 10.8. The molecule has 110 valence electrons. The van der Waals surface area contributed by atoms with Gasteiger partial charge in [-0.2, -0.15) is 0 Å². The Morgan fingerprint density at radius 3 is 1.18 bits per heavy atom. The van der Waals surface area contributed by atoms with Crippen LogP contribution in [0.25, 0.3) is 22.3 Å². The highest BCUT2D eigenvalue weighted by atomic mass is 14.2. The Balaban J connectivity index is 2.21. The van der Waals surface area contributed by atoms with E-state index in [4.69, 9.17) is 0 Å². The Morgan fingerprint density at radius 1 is 0.500 bits per heavy atom. The lowest BCUT2D eigenvalue weighted by Gasteiger charge is -2.18. The van der Waals surface area contributed by atoms with E-state index in [1.165, 1.54) is 33.4 Å². The van der Waals surface area contributed by atoms with Crippen LogP contribution in [0.5, 0.6) is 0 Å². The van der Waals surface area contributed by atoms with Crippen LogP contribution in [0.15, 0.2) is 72.8 Å². The van der Waals surface area contributed by atoms with Gasteiger partial charge in [-0.1, -0.05) is 86.6 Å². The summed E-state index contributed by atoms with van der Waals surface area (Å²) in [5, 5.41) is 0. The van der Waals surface area contributed by atoms with E-state index in [9.17, 15) is 0 Å². The van der Waals surface area contributed by atoms with Gasteiger partial charge in [-0.3, -0.25) is 0 Å². The van der Waals surface area contributed by atoms with Crippen LogP contribution in [0.3, 0.4) is 0 Å². The zero-order valence-corrected chi connectivity index (χ0v) is 13.3. The molecule has 0 atom stereocenters. The van der Waals surface area contributed by atoms with E-state index >= 15 is 0 Å². The molecule has 0 aromatic heterocycles. The second-order valence-electron chi connectivity index (χ2n) is 5.56. The SMILES string of the molecule is CCc1c(-c2ccccc2)ccc(-c2ccccc2)c1CC. The Morgan fingerprint density at radius 2 is 0.864 bits per heavy atom. The Kier molecular flexibility index (Phi) is 4.39. The molecule has 0 aliphatic heterocycles. The molecule has 3 aromatic rings. The minimum atomic E-state index is 1.06. The van der Waals surface area contributed by atoms with Crippen molar-refractivity contribution >= 4 is 0 Å². The van der Waals surface area contributed by atoms with E-state index < -0.39 is 0 Å². The monoisotopic (exact) mass is 286 g/mol. The molecule has 0 spiro atoms. The molecule has 0 heterocycles. The van der Waals surface area contributed by atoms with Crippen LogP contribution in [-0.2, 0) is 12.8 Å². The molecule has 0 bridgehead atoms. The summed E-state index contributed by atoms with van der Waals surface area (Å²) in [6.07, 6.45) is 2.13. The molecule has 0 heteroatoms. The zero-order valence-electron chi connectivity index (χ0n) is 13.3. The van der Waals surface area contributed by atoms with Gasteiger partial charge < -0.3 is 0 Å². The summed E-state index contributed by atoms with van der Waals surface area (Å²) >= 11 is 0. The third kappa shape index (κ3) is 2.69. The van der Waals surface area contributed by atoms with Crippen molar-refractivity contribution in [2.24, 2.45) is 0 Å². The van der Waals surface area contributed by atoms with Crippen molar-refractivity contribution in [1.29, 1.82) is 0 Å². The van der Waals surface area contributed by atoms with Crippen molar-refractivity contribution in [3.63, 3.8) is 0 Å². The molecule has 0 nitrogen and oxygen atoms in total. The van der Waals surface area contributed by atoms with Gasteiger partial charge in [0.2, 0.25) is 0 Å². The lowest BCUT2D eigenvalue weighted by Crippen LogP contribution is -1.98. The van der Waals surface area contributed by atoms with E-state index in [1.54, 1.807) is 0 Å². The maximum absolute atomic E-state index is 2.29. The van der Waals surface area contributed by atoms with E-state index in [-0.39, 0.29) is 0 Å². The second kappa shape index (κ2) is 6.62. The van der Waals surface area contributed by atoms with Crippen LogP contribution in [0.4, 0.5) is 0 Å². The van der Waals surface area contributed by atoms with Gasteiger partial charge in [-0.15, -0.1) is 0 Å². The standard InChI is InChI=1S/C22H22/c1-3-19-20(4-2)22(18-13-9-6-10-14-18)16-15-21(19)17-11-7-5-8-12-17/h5-16H,3-4H2,1-2H3. The van der Waals surface area contributed by atoms with Crippen molar-refractivity contribution in [3.8, 4) is 22.3 Å². The first-order valence-corrected chi connectivity index (χ1v) is 8.10. The van der Waals surface area contributed by atoms with Crippen molar-refractivity contribution in [2.45, 2.75) is 26.7 Å². The molecule has 22 heavy (non-hydrogen) atoms. The van der Waals surface area contributed by atoms with Crippen LogP contribution in [0.1, 0.15) is 25.0 Å². The average Bonchev–Trinajstić information content (AvgIpc) is 2.61. The lowest BCUT2D eigenvalue weighted by atomic mass is 9.87. The quantitative estimate of drug-likeness (QED) is 0.540. The van der Waals surface area contributed by atoms with Crippen LogP contribution in [0.2, 0.25) is 0 Å². The summed E-state index contributed by atoms with van der Waals surface area (Å²) in [4.78, 5) is 0. The maximum Gasteiger partial charge on any atom is -0.0149 e. The predicted molar refractivity (Wildman–Crippen MR) is 96.1 cm³/mol. The van der Waals surface area contributed by atoms with Gasteiger partial charge in [0.15, 0.2) is 0 Å². The minimum absolute atomic E-state index is 1.06. The summed E-state index contributed by atoms with van der Waals surface area (Å²) in [6.45, 7) is 4.52. The molecule has 0 aliphatic rings. The third-order valence-electron chi connectivity index (χ3n) is 4.31. The van der Waals surface area contributed by atoms with Crippen LogP contribution < -0.4 is 0 Å².